The minimum absolute atomic E-state index is 0.501. The molecular formula is C22H23F3N4O2S2. The molecule has 0 unspecified atom stereocenters. The number of alkyl halides is 3. The van der Waals surface area contributed by atoms with Crippen LogP contribution in [-0.4, -0.2) is 44.6 Å². The van der Waals surface area contributed by atoms with Crippen LogP contribution in [0.2, 0.25) is 0 Å². The van der Waals surface area contributed by atoms with E-state index in [0.29, 0.717) is 34.4 Å². The maximum atomic E-state index is 12.8. The van der Waals surface area contributed by atoms with E-state index in [9.17, 15) is 23.1 Å². The second-order valence-electron chi connectivity index (χ2n) is 8.01. The average Bonchev–Trinajstić information content (AvgIpc) is 3.18. The molecule has 33 heavy (non-hydrogen) atoms. The minimum atomic E-state index is -4.38. The van der Waals surface area contributed by atoms with E-state index < -0.39 is 22.5 Å². The maximum absolute atomic E-state index is 12.8. The van der Waals surface area contributed by atoms with Crippen molar-refractivity contribution in [1.29, 1.82) is 0 Å². The summed E-state index contributed by atoms with van der Waals surface area (Å²) < 4.78 is 38.1. The van der Waals surface area contributed by atoms with Crippen LogP contribution in [-0.2, 0) is 17.4 Å². The third-order valence-electron chi connectivity index (χ3n) is 4.92. The largest absolute Gasteiger partial charge is 0.480 e. The van der Waals surface area contributed by atoms with Gasteiger partial charge in [-0.3, -0.25) is 4.79 Å². The number of halogens is 3. The number of nitrogens with zero attached hydrogens (tertiary/aromatic N) is 4. The van der Waals surface area contributed by atoms with Gasteiger partial charge >= 0.3 is 12.1 Å². The first-order valence-corrected chi connectivity index (χ1v) is 11.7. The second-order valence-corrected chi connectivity index (χ2v) is 10.7. The first-order chi connectivity index (χ1) is 15.4. The predicted octanol–water partition coefficient (Wildman–Crippen LogP) is 5.56. The summed E-state index contributed by atoms with van der Waals surface area (Å²) in [5.74, 6) is -0.222. The smallest absolute Gasteiger partial charge is 0.416 e. The minimum Gasteiger partial charge on any atom is -0.480 e. The number of aryl methyl sites for hydroxylation is 1. The highest BCUT2D eigenvalue weighted by Crippen LogP contribution is 2.35. The first-order valence-electron chi connectivity index (χ1n) is 9.97. The Hall–Kier alpha value is -2.66. The molecule has 0 spiro atoms. The van der Waals surface area contributed by atoms with Gasteiger partial charge < -0.3 is 10.0 Å². The fraction of sp³-hybridized carbons (Fsp3) is 0.364. The Bertz CT molecular complexity index is 1130. The van der Waals surface area contributed by atoms with Gasteiger partial charge in [0, 0.05) is 31.0 Å². The molecule has 0 aliphatic carbocycles. The molecule has 0 saturated carbocycles. The molecule has 0 aliphatic rings. The Morgan fingerprint density at radius 2 is 1.85 bits per heavy atom. The Kier molecular flexibility index (Phi) is 7.32. The third kappa shape index (κ3) is 6.23. The van der Waals surface area contributed by atoms with Crippen molar-refractivity contribution in [2.45, 2.75) is 42.5 Å². The first kappa shape index (κ1) is 25.0. The predicted molar refractivity (Wildman–Crippen MR) is 124 cm³/mol. The van der Waals surface area contributed by atoms with Gasteiger partial charge in [-0.2, -0.15) is 13.2 Å². The molecule has 0 bridgehead atoms. The van der Waals surface area contributed by atoms with Crippen LogP contribution in [0.4, 0.5) is 19.0 Å². The lowest BCUT2D eigenvalue weighted by Crippen LogP contribution is -2.26. The van der Waals surface area contributed by atoms with Crippen molar-refractivity contribution < 1.29 is 23.1 Å². The highest BCUT2D eigenvalue weighted by molar-refractivity contribution is 8.02. The zero-order valence-corrected chi connectivity index (χ0v) is 20.1. The number of carboxylic acids is 1. The summed E-state index contributed by atoms with van der Waals surface area (Å²) in [6.45, 7) is 5.78. The third-order valence-corrected chi connectivity index (χ3v) is 7.09. The van der Waals surface area contributed by atoms with Gasteiger partial charge in [-0.15, -0.1) is 21.5 Å². The van der Waals surface area contributed by atoms with Crippen LogP contribution in [0.3, 0.4) is 0 Å². The van der Waals surface area contributed by atoms with Gasteiger partial charge in [-0.05, 0) is 44.5 Å². The molecule has 2 aromatic heterocycles. The van der Waals surface area contributed by atoms with E-state index in [1.54, 1.807) is 19.9 Å². The lowest BCUT2D eigenvalue weighted by molar-refractivity contribution is -0.139. The van der Waals surface area contributed by atoms with E-state index in [2.05, 4.69) is 15.2 Å². The number of benzene rings is 1. The molecule has 0 radical (unpaired) electrons. The fourth-order valence-corrected chi connectivity index (χ4v) is 5.15. The number of aromatic nitrogens is 3. The van der Waals surface area contributed by atoms with Gasteiger partial charge in [0.25, 0.3) is 0 Å². The lowest BCUT2D eigenvalue weighted by atomic mass is 10.1. The molecule has 0 fully saturated rings. The van der Waals surface area contributed by atoms with Gasteiger partial charge in [0.1, 0.15) is 4.75 Å². The van der Waals surface area contributed by atoms with Crippen LogP contribution in [0.5, 0.6) is 0 Å². The van der Waals surface area contributed by atoms with Crippen LogP contribution < -0.4 is 4.90 Å². The van der Waals surface area contributed by atoms with Crippen LogP contribution in [0, 0.1) is 6.92 Å². The van der Waals surface area contributed by atoms with E-state index in [0.717, 1.165) is 23.4 Å². The molecule has 3 aromatic rings. The molecule has 0 atom stereocenters. The molecule has 2 heterocycles. The zero-order chi connectivity index (χ0) is 24.4. The number of carbonyl (C=O) groups is 1. The molecule has 0 aliphatic heterocycles. The Labute approximate surface area is 197 Å². The number of likely N-dealkylation sites (N-methyl/N-ethyl adjacent to an activating group) is 1. The topological polar surface area (TPSA) is 79.2 Å². The van der Waals surface area contributed by atoms with Crippen molar-refractivity contribution in [2.24, 2.45) is 0 Å². The van der Waals surface area contributed by atoms with Gasteiger partial charge in [0.15, 0.2) is 10.2 Å². The van der Waals surface area contributed by atoms with E-state index in [-0.39, 0.29) is 0 Å². The zero-order valence-electron chi connectivity index (χ0n) is 18.5. The number of anilines is 1. The molecule has 1 N–H and O–H groups in total. The van der Waals surface area contributed by atoms with E-state index in [4.69, 9.17) is 0 Å². The number of aliphatic carboxylic acids is 1. The fourth-order valence-electron chi connectivity index (χ4n) is 2.93. The van der Waals surface area contributed by atoms with Crippen molar-refractivity contribution in [1.82, 2.24) is 15.2 Å². The summed E-state index contributed by atoms with van der Waals surface area (Å²) in [5, 5.41) is 19.7. The summed E-state index contributed by atoms with van der Waals surface area (Å²) >= 11 is 2.64. The Balaban J connectivity index is 1.64. The number of hydrogen-bond donors (Lipinski definition) is 1. The van der Waals surface area contributed by atoms with Crippen molar-refractivity contribution in [3.8, 4) is 11.3 Å². The van der Waals surface area contributed by atoms with Gasteiger partial charge in [-0.25, -0.2) is 4.98 Å². The number of thiazole rings is 1. The van der Waals surface area contributed by atoms with Gasteiger partial charge in [-0.1, -0.05) is 23.9 Å². The molecule has 11 heteroatoms. The summed E-state index contributed by atoms with van der Waals surface area (Å²) in [7, 11) is 1.88. The van der Waals surface area contributed by atoms with Gasteiger partial charge in [0.05, 0.1) is 17.0 Å². The normalized spacial score (nSPS) is 12.1. The van der Waals surface area contributed by atoms with E-state index >= 15 is 0 Å². The number of rotatable bonds is 8. The number of carboxylic acid groups (broad SMARTS) is 1. The molecule has 3 rings (SSSR count). The van der Waals surface area contributed by atoms with Crippen LogP contribution in [0.25, 0.3) is 11.3 Å². The quantitative estimate of drug-likeness (QED) is 0.409. The summed E-state index contributed by atoms with van der Waals surface area (Å²) in [6, 6.07) is 6.64. The molecule has 1 aromatic carbocycles. The highest BCUT2D eigenvalue weighted by atomic mass is 32.2. The Morgan fingerprint density at radius 1 is 1.18 bits per heavy atom. The SMILES string of the molecule is Cc1cc(-c2ccc(C(F)(F)F)cc2)nnc1N(C)CCc1csc(SC(C)(C)C(=O)O)n1. The molecular weight excluding hydrogens is 473 g/mol. The second kappa shape index (κ2) is 9.68. The van der Waals surface area contributed by atoms with E-state index in [1.165, 1.54) is 35.2 Å². The van der Waals surface area contributed by atoms with Crippen molar-refractivity contribution >= 4 is 34.9 Å². The summed E-state index contributed by atoms with van der Waals surface area (Å²) in [6.07, 6.45) is -3.74. The summed E-state index contributed by atoms with van der Waals surface area (Å²) in [5.41, 5.74) is 2.07. The van der Waals surface area contributed by atoms with Crippen molar-refractivity contribution in [3.05, 3.63) is 52.5 Å². The van der Waals surface area contributed by atoms with Crippen LogP contribution >= 0.6 is 23.1 Å². The van der Waals surface area contributed by atoms with E-state index in [1.807, 2.05) is 24.3 Å². The van der Waals surface area contributed by atoms with Gasteiger partial charge in [0.2, 0.25) is 0 Å². The Morgan fingerprint density at radius 3 is 2.42 bits per heavy atom. The molecule has 6 nitrogen and oxygen atoms in total. The lowest BCUT2D eigenvalue weighted by Gasteiger charge is -2.19. The standard InChI is InChI=1S/C22H23F3N4O2S2/c1-13-11-17(14-5-7-15(8-6-14)22(23,24)25)27-28-18(13)29(4)10-9-16-12-32-20(26-16)33-21(2,3)19(30)31/h5-8,11-12H,9-10H2,1-4H3,(H,30,31). The monoisotopic (exact) mass is 496 g/mol. The molecule has 0 amide bonds. The van der Waals surface area contributed by atoms with Crippen LogP contribution in [0.1, 0.15) is 30.7 Å². The van der Waals surface area contributed by atoms with Crippen LogP contribution in [0.15, 0.2) is 40.1 Å². The molecule has 0 saturated heterocycles. The number of thioether (sulfide) groups is 1. The molecule has 176 valence electrons. The summed E-state index contributed by atoms with van der Waals surface area (Å²) in [4.78, 5) is 17.8. The highest BCUT2D eigenvalue weighted by Gasteiger charge is 2.30. The maximum Gasteiger partial charge on any atom is 0.416 e. The average molecular weight is 497 g/mol. The van der Waals surface area contributed by atoms with Crippen molar-refractivity contribution in [2.75, 3.05) is 18.5 Å². The van der Waals surface area contributed by atoms with Crippen molar-refractivity contribution in [3.63, 3.8) is 0 Å². The number of hydrogen-bond acceptors (Lipinski definition) is 7.